The number of fused-ring (bicyclic) bond motifs is 2. The Kier molecular flexibility index (Phi) is 5.68. The summed E-state index contributed by atoms with van der Waals surface area (Å²) in [5.74, 6) is 2.72. The second kappa shape index (κ2) is 8.98. The lowest BCUT2D eigenvalue weighted by Gasteiger charge is -2.31. The highest BCUT2D eigenvalue weighted by Crippen LogP contribution is 2.32. The first-order valence-electron chi connectivity index (χ1n) is 12.3. The first kappa shape index (κ1) is 21.5. The number of piperazine rings is 1. The van der Waals surface area contributed by atoms with Crippen molar-refractivity contribution in [1.29, 1.82) is 0 Å². The van der Waals surface area contributed by atoms with Crippen LogP contribution in [0.25, 0.3) is 33.5 Å². The summed E-state index contributed by atoms with van der Waals surface area (Å²) in [4.78, 5) is 23.5. The summed E-state index contributed by atoms with van der Waals surface area (Å²) in [7, 11) is 0. The molecule has 2 aliphatic rings. The van der Waals surface area contributed by atoms with Crippen molar-refractivity contribution in [1.82, 2.24) is 34.7 Å². The fourth-order valence-electron chi connectivity index (χ4n) is 5.24. The Labute approximate surface area is 199 Å². The number of nitrogens with one attached hydrogen (secondary N) is 2. The van der Waals surface area contributed by atoms with Crippen LogP contribution in [0.3, 0.4) is 0 Å². The van der Waals surface area contributed by atoms with E-state index in [0.29, 0.717) is 19.3 Å². The molecular weight excluding hydrogens is 428 g/mol. The van der Waals surface area contributed by atoms with Crippen molar-refractivity contribution in [3.8, 4) is 11.4 Å². The minimum Gasteiger partial charge on any atom is -0.378 e. The molecule has 178 valence electrons. The molecule has 34 heavy (non-hydrogen) atoms. The maximum absolute atomic E-state index is 5.63. The fraction of sp³-hybridized carbons (Fsp3) is 0.480. The molecule has 9 nitrogen and oxygen atoms in total. The minimum atomic E-state index is 0.491. The first-order valence-corrected chi connectivity index (χ1v) is 12.3. The molecule has 9 heteroatoms. The lowest BCUT2D eigenvalue weighted by molar-refractivity contribution is 0.122. The van der Waals surface area contributed by atoms with E-state index >= 15 is 0 Å². The van der Waals surface area contributed by atoms with E-state index in [-0.39, 0.29) is 0 Å². The van der Waals surface area contributed by atoms with Crippen LogP contribution in [-0.2, 0) is 17.8 Å². The molecule has 3 aromatic heterocycles. The van der Waals surface area contributed by atoms with Crippen LogP contribution in [0.4, 0.5) is 5.82 Å². The van der Waals surface area contributed by atoms with E-state index in [1.54, 1.807) is 0 Å². The van der Waals surface area contributed by atoms with Gasteiger partial charge in [-0.05, 0) is 26.0 Å². The van der Waals surface area contributed by atoms with Gasteiger partial charge in [-0.25, -0.2) is 15.0 Å². The van der Waals surface area contributed by atoms with E-state index in [1.807, 2.05) is 6.20 Å². The van der Waals surface area contributed by atoms with Crippen molar-refractivity contribution in [2.75, 3.05) is 50.8 Å². The third-order valence-electron chi connectivity index (χ3n) is 6.94. The third-order valence-corrected chi connectivity index (χ3v) is 6.94. The van der Waals surface area contributed by atoms with E-state index in [2.05, 4.69) is 62.8 Å². The number of morpholine rings is 1. The number of H-pyrrole nitrogens is 1. The van der Waals surface area contributed by atoms with E-state index in [4.69, 9.17) is 19.7 Å². The largest absolute Gasteiger partial charge is 0.378 e. The quantitative estimate of drug-likeness (QED) is 0.473. The molecule has 2 fully saturated rings. The number of aryl methyl sites for hydroxylation is 1. The lowest BCUT2D eigenvalue weighted by atomic mass is 10.1. The van der Waals surface area contributed by atoms with Crippen LogP contribution >= 0.6 is 0 Å². The van der Waals surface area contributed by atoms with Gasteiger partial charge in [0.25, 0.3) is 0 Å². The molecule has 6 rings (SSSR count). The number of imidazole rings is 1. The number of aromatic amines is 1. The highest BCUT2D eigenvalue weighted by atomic mass is 16.5. The molecule has 2 saturated heterocycles. The topological polar surface area (TPSA) is 87.1 Å². The van der Waals surface area contributed by atoms with Gasteiger partial charge >= 0.3 is 0 Å². The minimum absolute atomic E-state index is 0.491. The van der Waals surface area contributed by atoms with Gasteiger partial charge in [0.2, 0.25) is 0 Å². The second-order valence-electron chi connectivity index (χ2n) is 9.25. The third kappa shape index (κ3) is 3.83. The Morgan fingerprint density at radius 2 is 1.97 bits per heavy atom. The lowest BCUT2D eigenvalue weighted by Crippen LogP contribution is -2.48. The average Bonchev–Trinajstić information content (AvgIpc) is 3.48. The summed E-state index contributed by atoms with van der Waals surface area (Å²) in [5.41, 5.74) is 3.94. The molecule has 0 unspecified atom stereocenters. The van der Waals surface area contributed by atoms with Gasteiger partial charge in [-0.1, -0.05) is 12.1 Å². The van der Waals surface area contributed by atoms with Gasteiger partial charge < -0.3 is 24.5 Å². The van der Waals surface area contributed by atoms with Crippen LogP contribution < -0.4 is 10.2 Å². The van der Waals surface area contributed by atoms with Crippen molar-refractivity contribution in [2.45, 2.75) is 33.0 Å². The van der Waals surface area contributed by atoms with E-state index in [1.165, 1.54) is 0 Å². The summed E-state index contributed by atoms with van der Waals surface area (Å²) < 4.78 is 7.90. The number of rotatable bonds is 5. The van der Waals surface area contributed by atoms with Gasteiger partial charge in [0.05, 0.1) is 19.8 Å². The summed E-state index contributed by atoms with van der Waals surface area (Å²) in [5, 5.41) is 4.66. The van der Waals surface area contributed by atoms with E-state index < -0.39 is 0 Å². The smallest absolute Gasteiger partial charge is 0.166 e. The number of benzene rings is 1. The van der Waals surface area contributed by atoms with Crippen LogP contribution in [0, 0.1) is 0 Å². The summed E-state index contributed by atoms with van der Waals surface area (Å²) in [6, 6.07) is 8.84. The predicted molar refractivity (Wildman–Crippen MR) is 134 cm³/mol. The van der Waals surface area contributed by atoms with Crippen LogP contribution in [-0.4, -0.2) is 81.4 Å². The average molecular weight is 461 g/mol. The maximum atomic E-state index is 5.63. The van der Waals surface area contributed by atoms with Crippen LogP contribution in [0.1, 0.15) is 19.7 Å². The van der Waals surface area contributed by atoms with Crippen molar-refractivity contribution in [3.63, 3.8) is 0 Å². The molecule has 5 heterocycles. The SMILES string of the molecule is CCn1c(CN2CCN[C@@H](C)C2)nc2c(N3CCOCC3)nc(-c3cccc4[nH]ccc34)nc21. The predicted octanol–water partition coefficient (Wildman–Crippen LogP) is 2.62. The summed E-state index contributed by atoms with van der Waals surface area (Å²) in [6.07, 6.45) is 1.97. The van der Waals surface area contributed by atoms with Gasteiger partial charge in [-0.3, -0.25) is 4.90 Å². The van der Waals surface area contributed by atoms with E-state index in [9.17, 15) is 0 Å². The van der Waals surface area contributed by atoms with Gasteiger partial charge in [0.1, 0.15) is 5.82 Å². The molecule has 0 bridgehead atoms. The van der Waals surface area contributed by atoms with Crippen LogP contribution in [0.2, 0.25) is 0 Å². The number of aromatic nitrogens is 5. The highest BCUT2D eigenvalue weighted by Gasteiger charge is 2.25. The van der Waals surface area contributed by atoms with Crippen molar-refractivity contribution in [3.05, 3.63) is 36.3 Å². The van der Waals surface area contributed by atoms with Crippen molar-refractivity contribution < 1.29 is 4.74 Å². The van der Waals surface area contributed by atoms with Crippen molar-refractivity contribution in [2.24, 2.45) is 0 Å². The highest BCUT2D eigenvalue weighted by molar-refractivity contribution is 5.95. The Bertz CT molecular complexity index is 1310. The fourth-order valence-corrected chi connectivity index (χ4v) is 5.24. The number of hydrogen-bond acceptors (Lipinski definition) is 7. The number of anilines is 1. The molecule has 2 N–H and O–H groups in total. The standard InChI is InChI=1S/C25H32N8O/c1-3-33-21(16-31-10-9-26-17(2)15-31)28-22-24(32-11-13-34-14-12-32)29-23(30-25(22)33)19-5-4-6-20-18(19)7-8-27-20/h4-8,17,26-27H,3,9-16H2,1-2H3/t17-/m0/s1. The molecule has 0 saturated carbocycles. The van der Waals surface area contributed by atoms with Crippen LogP contribution in [0.5, 0.6) is 0 Å². The van der Waals surface area contributed by atoms with Gasteiger partial charge in [-0.2, -0.15) is 0 Å². The second-order valence-corrected chi connectivity index (χ2v) is 9.25. The molecule has 1 aromatic carbocycles. The summed E-state index contributed by atoms with van der Waals surface area (Å²) >= 11 is 0. The maximum Gasteiger partial charge on any atom is 0.166 e. The van der Waals surface area contributed by atoms with Crippen LogP contribution in [0.15, 0.2) is 30.5 Å². The number of ether oxygens (including phenoxy) is 1. The Hall–Kier alpha value is -3.01. The number of hydrogen-bond donors (Lipinski definition) is 2. The summed E-state index contributed by atoms with van der Waals surface area (Å²) in [6.45, 7) is 12.1. The Balaban J connectivity index is 1.51. The zero-order valence-electron chi connectivity index (χ0n) is 19.9. The van der Waals surface area contributed by atoms with Gasteiger partial charge in [0.15, 0.2) is 22.8 Å². The molecule has 0 aliphatic carbocycles. The van der Waals surface area contributed by atoms with Crippen molar-refractivity contribution >= 4 is 27.9 Å². The molecule has 0 spiro atoms. The molecule has 4 aromatic rings. The first-order chi connectivity index (χ1) is 16.7. The zero-order valence-corrected chi connectivity index (χ0v) is 19.9. The van der Waals surface area contributed by atoms with Gasteiger partial charge in [0, 0.05) is 68.0 Å². The Morgan fingerprint density at radius 1 is 1.09 bits per heavy atom. The molecule has 0 amide bonds. The normalized spacial score (nSPS) is 19.9. The monoisotopic (exact) mass is 460 g/mol. The Morgan fingerprint density at radius 3 is 2.79 bits per heavy atom. The zero-order chi connectivity index (χ0) is 23.1. The van der Waals surface area contributed by atoms with E-state index in [0.717, 1.165) is 90.9 Å². The number of nitrogens with zero attached hydrogens (tertiary/aromatic N) is 6. The molecule has 0 radical (unpaired) electrons. The molecule has 1 atom stereocenters. The van der Waals surface area contributed by atoms with Gasteiger partial charge in [-0.15, -0.1) is 0 Å². The molecular formula is C25H32N8O. The molecule has 2 aliphatic heterocycles.